The minimum Gasteiger partial charge on any atom is -0.321 e. The van der Waals surface area contributed by atoms with Crippen molar-refractivity contribution in [2.45, 2.75) is 23.8 Å². The molecule has 30 heavy (non-hydrogen) atoms. The molecule has 150 valence electrons. The van der Waals surface area contributed by atoms with Crippen LogP contribution >= 0.6 is 11.8 Å². The van der Waals surface area contributed by atoms with Crippen LogP contribution in [0.4, 0.5) is 17.2 Å². The summed E-state index contributed by atoms with van der Waals surface area (Å²) in [6.07, 6.45) is 3.09. The zero-order valence-electron chi connectivity index (χ0n) is 16.5. The second-order valence-corrected chi connectivity index (χ2v) is 7.66. The Balaban J connectivity index is 1.83. The summed E-state index contributed by atoms with van der Waals surface area (Å²) in [7, 11) is 0. The number of para-hydroxylation sites is 1. The normalized spacial score (nSPS) is 10.9. The van der Waals surface area contributed by atoms with Gasteiger partial charge in [-0.05, 0) is 43.7 Å². The first-order valence-electron chi connectivity index (χ1n) is 9.43. The molecule has 0 N–H and O–H groups in total. The molecule has 8 heteroatoms. The van der Waals surface area contributed by atoms with Crippen LogP contribution in [0.5, 0.6) is 0 Å². The monoisotopic (exact) mass is 417 g/mol. The van der Waals surface area contributed by atoms with Crippen LogP contribution in [-0.2, 0) is 0 Å². The Morgan fingerprint density at radius 3 is 2.63 bits per heavy atom. The van der Waals surface area contributed by atoms with Crippen LogP contribution in [0.2, 0.25) is 0 Å². The van der Waals surface area contributed by atoms with Crippen LogP contribution in [-0.4, -0.2) is 26.4 Å². The van der Waals surface area contributed by atoms with E-state index in [9.17, 15) is 10.1 Å². The van der Waals surface area contributed by atoms with Crippen molar-refractivity contribution in [3.8, 4) is 0 Å². The third kappa shape index (κ3) is 3.81. The van der Waals surface area contributed by atoms with E-state index in [0.29, 0.717) is 6.54 Å². The number of aromatic nitrogens is 3. The highest BCUT2D eigenvalue weighted by molar-refractivity contribution is 7.99. The number of fused-ring (bicyclic) bond motifs is 1. The Labute approximate surface area is 178 Å². The van der Waals surface area contributed by atoms with Gasteiger partial charge < -0.3 is 4.90 Å². The van der Waals surface area contributed by atoms with E-state index in [-0.39, 0.29) is 16.5 Å². The van der Waals surface area contributed by atoms with Gasteiger partial charge in [0.1, 0.15) is 6.33 Å². The fourth-order valence-corrected chi connectivity index (χ4v) is 4.28. The second-order valence-electron chi connectivity index (χ2n) is 6.62. The maximum Gasteiger partial charge on any atom is 0.344 e. The van der Waals surface area contributed by atoms with Crippen LogP contribution in [0.25, 0.3) is 10.9 Å². The number of nitro groups is 1. The van der Waals surface area contributed by atoms with Crippen LogP contribution in [0.15, 0.2) is 77.0 Å². The van der Waals surface area contributed by atoms with Gasteiger partial charge in [-0.2, -0.15) is 0 Å². The predicted molar refractivity (Wildman–Crippen MR) is 118 cm³/mol. The van der Waals surface area contributed by atoms with E-state index >= 15 is 0 Å². The standard InChI is InChI=1S/C22H19N5O2S/c1-3-26(17-10-4-7-15(2)13-17)21-20(27(28)29)22(25-14-24-21)30-18-11-5-8-16-9-6-12-23-19(16)18/h4-14H,3H2,1-2H3. The Morgan fingerprint density at radius 1 is 1.07 bits per heavy atom. The molecule has 0 unspecified atom stereocenters. The fourth-order valence-electron chi connectivity index (χ4n) is 3.30. The smallest absolute Gasteiger partial charge is 0.321 e. The van der Waals surface area contributed by atoms with E-state index < -0.39 is 4.92 Å². The molecule has 7 nitrogen and oxygen atoms in total. The Hall–Kier alpha value is -3.52. The number of anilines is 2. The zero-order valence-corrected chi connectivity index (χ0v) is 17.3. The molecule has 4 rings (SSSR count). The topological polar surface area (TPSA) is 85.0 Å². The SMILES string of the molecule is CCN(c1cccc(C)c1)c1ncnc(Sc2cccc3cccnc23)c1[N+](=O)[O-]. The van der Waals surface area contributed by atoms with Crippen molar-refractivity contribution < 1.29 is 4.92 Å². The minimum atomic E-state index is -0.408. The second kappa shape index (κ2) is 8.46. The van der Waals surface area contributed by atoms with Gasteiger partial charge in [-0.3, -0.25) is 15.1 Å². The lowest BCUT2D eigenvalue weighted by atomic mass is 10.2. The summed E-state index contributed by atoms with van der Waals surface area (Å²) in [5.74, 6) is 0.277. The molecule has 0 saturated heterocycles. The molecule has 0 atom stereocenters. The van der Waals surface area contributed by atoms with E-state index in [4.69, 9.17) is 0 Å². The van der Waals surface area contributed by atoms with Crippen molar-refractivity contribution in [1.29, 1.82) is 0 Å². The summed E-state index contributed by atoms with van der Waals surface area (Å²) >= 11 is 1.23. The van der Waals surface area contributed by atoms with Crippen molar-refractivity contribution >= 4 is 39.9 Å². The summed E-state index contributed by atoms with van der Waals surface area (Å²) in [4.78, 5) is 27.3. The van der Waals surface area contributed by atoms with Crippen molar-refractivity contribution in [3.05, 3.63) is 82.8 Å². The van der Waals surface area contributed by atoms with E-state index in [1.54, 1.807) is 6.20 Å². The molecular weight excluding hydrogens is 398 g/mol. The molecule has 0 aliphatic rings. The van der Waals surface area contributed by atoms with Crippen LogP contribution < -0.4 is 4.90 Å². The number of nitrogens with zero attached hydrogens (tertiary/aromatic N) is 5. The fraction of sp³-hybridized carbons (Fsp3) is 0.136. The number of hydrogen-bond donors (Lipinski definition) is 0. The van der Waals surface area contributed by atoms with Gasteiger partial charge >= 0.3 is 5.69 Å². The maximum absolute atomic E-state index is 12.1. The van der Waals surface area contributed by atoms with Crippen LogP contribution in [0.3, 0.4) is 0 Å². The first-order valence-corrected chi connectivity index (χ1v) is 10.3. The summed E-state index contributed by atoms with van der Waals surface area (Å²) < 4.78 is 0. The van der Waals surface area contributed by atoms with Gasteiger partial charge in [0, 0.05) is 28.7 Å². The van der Waals surface area contributed by atoms with Gasteiger partial charge in [0.05, 0.1) is 10.4 Å². The molecule has 2 aromatic carbocycles. The molecule has 0 radical (unpaired) electrons. The molecule has 2 heterocycles. The average molecular weight is 417 g/mol. The van der Waals surface area contributed by atoms with E-state index in [1.165, 1.54) is 18.1 Å². The van der Waals surface area contributed by atoms with Gasteiger partial charge in [0.25, 0.3) is 0 Å². The lowest BCUT2D eigenvalue weighted by Crippen LogP contribution is -2.19. The van der Waals surface area contributed by atoms with Gasteiger partial charge in [0.15, 0.2) is 5.03 Å². The number of aryl methyl sites for hydroxylation is 1. The molecule has 0 fully saturated rings. The first-order chi connectivity index (χ1) is 14.6. The molecule has 0 spiro atoms. The number of pyridine rings is 1. The Bertz CT molecular complexity index is 1230. The van der Waals surface area contributed by atoms with E-state index in [2.05, 4.69) is 15.0 Å². The lowest BCUT2D eigenvalue weighted by molar-refractivity contribution is -0.387. The van der Waals surface area contributed by atoms with Crippen molar-refractivity contribution in [1.82, 2.24) is 15.0 Å². The summed E-state index contributed by atoms with van der Waals surface area (Å²) in [6.45, 7) is 4.46. The van der Waals surface area contributed by atoms with Crippen molar-refractivity contribution in [3.63, 3.8) is 0 Å². The van der Waals surface area contributed by atoms with Crippen molar-refractivity contribution in [2.75, 3.05) is 11.4 Å². The van der Waals surface area contributed by atoms with E-state index in [1.807, 2.05) is 73.3 Å². The summed E-state index contributed by atoms with van der Waals surface area (Å²) in [5, 5.41) is 13.3. The van der Waals surface area contributed by atoms with Gasteiger partial charge in [-0.1, -0.05) is 42.1 Å². The third-order valence-corrected chi connectivity index (χ3v) is 5.68. The first kappa shape index (κ1) is 19.8. The summed E-state index contributed by atoms with van der Waals surface area (Å²) in [5.41, 5.74) is 2.59. The van der Waals surface area contributed by atoms with Crippen LogP contribution in [0, 0.1) is 17.0 Å². The highest BCUT2D eigenvalue weighted by Gasteiger charge is 2.28. The Kier molecular flexibility index (Phi) is 5.58. The molecular formula is C22H19N5O2S. The molecule has 0 amide bonds. The van der Waals surface area contributed by atoms with Gasteiger partial charge in [0.2, 0.25) is 5.82 Å². The number of hydrogen-bond acceptors (Lipinski definition) is 7. The summed E-state index contributed by atoms with van der Waals surface area (Å²) in [6, 6.07) is 17.4. The Morgan fingerprint density at radius 2 is 1.87 bits per heavy atom. The highest BCUT2D eigenvalue weighted by atomic mass is 32.2. The molecule has 2 aromatic heterocycles. The number of benzene rings is 2. The van der Waals surface area contributed by atoms with E-state index in [0.717, 1.165) is 27.0 Å². The maximum atomic E-state index is 12.1. The highest BCUT2D eigenvalue weighted by Crippen LogP contribution is 2.41. The van der Waals surface area contributed by atoms with Gasteiger partial charge in [-0.25, -0.2) is 9.97 Å². The van der Waals surface area contributed by atoms with Gasteiger partial charge in [-0.15, -0.1) is 0 Å². The molecule has 0 saturated carbocycles. The molecule has 4 aromatic rings. The number of rotatable bonds is 6. The predicted octanol–water partition coefficient (Wildman–Crippen LogP) is 5.55. The minimum absolute atomic E-state index is 0.112. The largest absolute Gasteiger partial charge is 0.344 e. The average Bonchev–Trinajstić information content (AvgIpc) is 2.75. The van der Waals surface area contributed by atoms with Crippen LogP contribution in [0.1, 0.15) is 12.5 Å². The quantitative estimate of drug-likeness (QED) is 0.231. The molecule has 0 aliphatic heterocycles. The molecule has 0 bridgehead atoms. The van der Waals surface area contributed by atoms with Crippen molar-refractivity contribution in [2.24, 2.45) is 0 Å². The molecule has 0 aliphatic carbocycles. The lowest BCUT2D eigenvalue weighted by Gasteiger charge is -2.22. The zero-order chi connectivity index (χ0) is 21.1. The third-order valence-electron chi connectivity index (χ3n) is 4.64.